The topological polar surface area (TPSA) is 54.0 Å². The summed E-state index contributed by atoms with van der Waals surface area (Å²) in [5, 5.41) is 9.30. The van der Waals surface area contributed by atoms with E-state index in [1.165, 1.54) is 11.3 Å². The lowest BCUT2D eigenvalue weighted by Gasteiger charge is -2.18. The second kappa shape index (κ2) is 6.92. The van der Waals surface area contributed by atoms with Crippen molar-refractivity contribution in [2.45, 2.75) is 19.4 Å². The van der Waals surface area contributed by atoms with Gasteiger partial charge in [-0.25, -0.2) is 4.98 Å². The molecule has 0 fully saturated rings. The summed E-state index contributed by atoms with van der Waals surface area (Å²) in [6.07, 6.45) is 2.26. The van der Waals surface area contributed by atoms with Crippen molar-refractivity contribution >= 4 is 51.3 Å². The average Bonchev–Trinajstić information content (AvgIpc) is 2.90. The molecule has 0 saturated carbocycles. The number of amides is 1. The molecule has 0 saturated heterocycles. The predicted octanol–water partition coefficient (Wildman–Crippen LogP) is 4.28. The molecular formula is C13H13Cl2N3OS. The van der Waals surface area contributed by atoms with Gasteiger partial charge < -0.3 is 10.6 Å². The van der Waals surface area contributed by atoms with E-state index in [-0.39, 0.29) is 5.91 Å². The molecule has 7 heteroatoms. The van der Waals surface area contributed by atoms with Crippen LogP contribution in [0.3, 0.4) is 0 Å². The fourth-order valence-electron chi connectivity index (χ4n) is 1.62. The summed E-state index contributed by atoms with van der Waals surface area (Å²) in [5.41, 5.74) is 0.678. The zero-order valence-corrected chi connectivity index (χ0v) is 13.0. The molecule has 1 amide bonds. The maximum Gasteiger partial charge on any atom is 0.248 e. The summed E-state index contributed by atoms with van der Waals surface area (Å²) in [6.45, 7) is 1.92. The van der Waals surface area contributed by atoms with Crippen LogP contribution in [0, 0.1) is 0 Å². The molecule has 0 aliphatic rings. The van der Waals surface area contributed by atoms with E-state index < -0.39 is 6.04 Å². The number of hydrogen-bond donors (Lipinski definition) is 2. The number of rotatable bonds is 5. The third-order valence-electron chi connectivity index (χ3n) is 2.65. The summed E-state index contributed by atoms with van der Waals surface area (Å²) >= 11 is 13.3. The van der Waals surface area contributed by atoms with Crippen LogP contribution in [-0.2, 0) is 4.79 Å². The first kappa shape index (κ1) is 15.1. The lowest BCUT2D eigenvalue weighted by molar-refractivity contribution is -0.116. The van der Waals surface area contributed by atoms with Crippen LogP contribution >= 0.6 is 34.5 Å². The Morgan fingerprint density at radius 3 is 2.85 bits per heavy atom. The summed E-state index contributed by atoms with van der Waals surface area (Å²) in [7, 11) is 0. The zero-order chi connectivity index (χ0) is 14.5. The van der Waals surface area contributed by atoms with E-state index in [1.54, 1.807) is 29.8 Å². The van der Waals surface area contributed by atoms with Crippen molar-refractivity contribution in [2.24, 2.45) is 0 Å². The predicted molar refractivity (Wildman–Crippen MR) is 84.9 cm³/mol. The number of hydrogen-bond acceptors (Lipinski definition) is 4. The highest BCUT2D eigenvalue weighted by atomic mass is 35.5. The Bertz CT molecular complexity index is 589. The Labute approximate surface area is 131 Å². The minimum Gasteiger partial charge on any atom is -0.372 e. The number of aromatic nitrogens is 1. The largest absolute Gasteiger partial charge is 0.372 e. The Hall–Kier alpha value is -1.30. The number of nitrogens with one attached hydrogen (secondary N) is 2. The van der Waals surface area contributed by atoms with Crippen LogP contribution in [0.5, 0.6) is 0 Å². The van der Waals surface area contributed by atoms with Crippen molar-refractivity contribution in [3.05, 3.63) is 39.8 Å². The van der Waals surface area contributed by atoms with Crippen LogP contribution in [0.1, 0.15) is 13.3 Å². The smallest absolute Gasteiger partial charge is 0.248 e. The maximum absolute atomic E-state index is 12.1. The van der Waals surface area contributed by atoms with E-state index in [0.29, 0.717) is 27.3 Å². The lowest BCUT2D eigenvalue weighted by atomic mass is 10.2. The van der Waals surface area contributed by atoms with Crippen LogP contribution in [0.2, 0.25) is 10.0 Å². The van der Waals surface area contributed by atoms with E-state index >= 15 is 0 Å². The SMILES string of the molecule is CC[C@H](Nc1ccc(Cl)cc1Cl)C(=O)Nc1nccs1. The third kappa shape index (κ3) is 3.85. The highest BCUT2D eigenvalue weighted by Gasteiger charge is 2.18. The van der Waals surface area contributed by atoms with Gasteiger partial charge in [-0.15, -0.1) is 11.3 Å². The molecule has 2 rings (SSSR count). The standard InChI is InChI=1S/C13H13Cl2N3OS/c1-2-10(12(19)18-13-16-5-6-20-13)17-11-4-3-8(14)7-9(11)15/h3-7,10,17H,2H2,1H3,(H,16,18,19)/t10-/m0/s1. The molecule has 0 spiro atoms. The van der Waals surface area contributed by atoms with Crippen LogP contribution in [0.4, 0.5) is 10.8 Å². The molecule has 106 valence electrons. The number of benzene rings is 1. The summed E-state index contributed by atoms with van der Waals surface area (Å²) < 4.78 is 0. The van der Waals surface area contributed by atoms with Crippen LogP contribution in [-0.4, -0.2) is 16.9 Å². The molecule has 2 aromatic rings. The molecule has 1 aromatic heterocycles. The second-order valence-corrected chi connectivity index (χ2v) is 5.79. The molecule has 1 aromatic carbocycles. The van der Waals surface area contributed by atoms with Gasteiger partial charge in [0.05, 0.1) is 10.7 Å². The molecule has 20 heavy (non-hydrogen) atoms. The van der Waals surface area contributed by atoms with Gasteiger partial charge in [0.1, 0.15) is 6.04 Å². The van der Waals surface area contributed by atoms with Gasteiger partial charge in [-0.3, -0.25) is 4.79 Å². The maximum atomic E-state index is 12.1. The third-order valence-corrected chi connectivity index (χ3v) is 3.88. The molecule has 0 unspecified atom stereocenters. The number of nitrogens with zero attached hydrogens (tertiary/aromatic N) is 1. The van der Waals surface area contributed by atoms with E-state index in [9.17, 15) is 4.79 Å². The van der Waals surface area contributed by atoms with Crippen molar-refractivity contribution in [1.82, 2.24) is 4.98 Å². The number of carbonyl (C=O) groups is 1. The summed E-state index contributed by atoms with van der Waals surface area (Å²) in [6, 6.07) is 4.72. The first-order valence-electron chi connectivity index (χ1n) is 6.02. The molecule has 0 aliphatic carbocycles. The van der Waals surface area contributed by atoms with Crippen molar-refractivity contribution < 1.29 is 4.79 Å². The molecule has 0 aliphatic heterocycles. The minimum absolute atomic E-state index is 0.145. The zero-order valence-electron chi connectivity index (χ0n) is 10.7. The van der Waals surface area contributed by atoms with Crippen LogP contribution in [0.25, 0.3) is 0 Å². The van der Waals surface area contributed by atoms with Crippen molar-refractivity contribution in [3.8, 4) is 0 Å². The number of carbonyl (C=O) groups excluding carboxylic acids is 1. The van der Waals surface area contributed by atoms with Gasteiger partial charge in [-0.05, 0) is 24.6 Å². The second-order valence-electron chi connectivity index (χ2n) is 4.06. The van der Waals surface area contributed by atoms with Gasteiger partial charge in [-0.2, -0.15) is 0 Å². The Morgan fingerprint density at radius 2 is 2.25 bits per heavy atom. The molecular weight excluding hydrogens is 317 g/mol. The molecule has 2 N–H and O–H groups in total. The molecule has 0 radical (unpaired) electrons. The van der Waals surface area contributed by atoms with Crippen LogP contribution < -0.4 is 10.6 Å². The Kier molecular flexibility index (Phi) is 5.23. The van der Waals surface area contributed by atoms with Gasteiger partial charge in [0.2, 0.25) is 5.91 Å². The first-order chi connectivity index (χ1) is 9.60. The Morgan fingerprint density at radius 1 is 1.45 bits per heavy atom. The van der Waals surface area contributed by atoms with Gasteiger partial charge in [0.15, 0.2) is 5.13 Å². The fourth-order valence-corrected chi connectivity index (χ4v) is 2.62. The first-order valence-corrected chi connectivity index (χ1v) is 7.65. The van der Waals surface area contributed by atoms with Gasteiger partial charge in [0.25, 0.3) is 0 Å². The minimum atomic E-state index is -0.391. The highest BCUT2D eigenvalue weighted by molar-refractivity contribution is 7.13. The van der Waals surface area contributed by atoms with Gasteiger partial charge in [0, 0.05) is 16.6 Å². The van der Waals surface area contributed by atoms with Crippen molar-refractivity contribution in [1.29, 1.82) is 0 Å². The molecule has 1 heterocycles. The number of thiazole rings is 1. The number of anilines is 2. The van der Waals surface area contributed by atoms with E-state index in [0.717, 1.165) is 0 Å². The van der Waals surface area contributed by atoms with E-state index in [2.05, 4.69) is 15.6 Å². The van der Waals surface area contributed by atoms with Gasteiger partial charge >= 0.3 is 0 Å². The number of halogens is 2. The van der Waals surface area contributed by atoms with Crippen LogP contribution in [0.15, 0.2) is 29.8 Å². The molecule has 1 atom stereocenters. The van der Waals surface area contributed by atoms with Crippen molar-refractivity contribution in [3.63, 3.8) is 0 Å². The highest BCUT2D eigenvalue weighted by Crippen LogP contribution is 2.26. The van der Waals surface area contributed by atoms with Gasteiger partial charge in [-0.1, -0.05) is 30.1 Å². The van der Waals surface area contributed by atoms with E-state index in [1.807, 2.05) is 6.92 Å². The van der Waals surface area contributed by atoms with Crippen molar-refractivity contribution in [2.75, 3.05) is 10.6 Å². The monoisotopic (exact) mass is 329 g/mol. The average molecular weight is 330 g/mol. The lowest BCUT2D eigenvalue weighted by Crippen LogP contribution is -2.34. The fraction of sp³-hybridized carbons (Fsp3) is 0.231. The molecule has 0 bridgehead atoms. The summed E-state index contributed by atoms with van der Waals surface area (Å²) in [5.74, 6) is -0.145. The van der Waals surface area contributed by atoms with E-state index in [4.69, 9.17) is 23.2 Å². The quantitative estimate of drug-likeness (QED) is 0.860. The Balaban J connectivity index is 2.06. The molecule has 4 nitrogen and oxygen atoms in total. The summed E-state index contributed by atoms with van der Waals surface area (Å²) in [4.78, 5) is 16.2. The normalized spacial score (nSPS) is 11.9.